The van der Waals surface area contributed by atoms with Gasteiger partial charge in [-0.25, -0.2) is 13.1 Å². The first kappa shape index (κ1) is 15.7. The minimum absolute atomic E-state index is 0.0559. The number of benzene rings is 1. The maximum Gasteiger partial charge on any atom is 0.241 e. The molecule has 0 aromatic heterocycles. The highest BCUT2D eigenvalue weighted by atomic mass is 32.2. The highest BCUT2D eigenvalue weighted by Gasteiger charge is 2.26. The summed E-state index contributed by atoms with van der Waals surface area (Å²) in [4.78, 5) is 0.332. The molecule has 1 aromatic rings. The van der Waals surface area contributed by atoms with E-state index in [1.165, 1.54) is 0 Å². The summed E-state index contributed by atoms with van der Waals surface area (Å²) in [6, 6.07) is 4.96. The Bertz CT molecular complexity index is 565. The maximum atomic E-state index is 12.4. The Morgan fingerprint density at radius 1 is 1.25 bits per heavy atom. The molecule has 20 heavy (non-hydrogen) atoms. The molecule has 1 saturated carbocycles. The summed E-state index contributed by atoms with van der Waals surface area (Å²) in [6.07, 6.45) is 6.11. The predicted octanol–water partition coefficient (Wildman–Crippen LogP) is 2.53. The van der Waals surface area contributed by atoms with Crippen LogP contribution in [-0.4, -0.2) is 26.0 Å². The zero-order valence-corrected chi connectivity index (χ0v) is 13.6. The molecular weight excluding hydrogens is 292 g/mol. The minimum Gasteiger partial charge on any atom is -0.399 e. The monoisotopic (exact) mass is 314 g/mol. The van der Waals surface area contributed by atoms with E-state index >= 15 is 0 Å². The van der Waals surface area contributed by atoms with Crippen molar-refractivity contribution in [1.82, 2.24) is 4.72 Å². The van der Waals surface area contributed by atoms with Gasteiger partial charge >= 0.3 is 0 Å². The van der Waals surface area contributed by atoms with Gasteiger partial charge in [-0.1, -0.05) is 0 Å². The fourth-order valence-electron chi connectivity index (χ4n) is 2.67. The Kier molecular flexibility index (Phi) is 4.99. The van der Waals surface area contributed by atoms with E-state index in [1.54, 1.807) is 25.1 Å². The number of sulfonamides is 1. The number of hydrogen-bond donors (Lipinski definition) is 2. The largest absolute Gasteiger partial charge is 0.399 e. The number of anilines is 1. The molecule has 0 radical (unpaired) electrons. The molecular formula is C14H22N2O2S2. The van der Waals surface area contributed by atoms with Gasteiger partial charge in [0.05, 0.1) is 4.90 Å². The summed E-state index contributed by atoms with van der Waals surface area (Å²) in [5, 5.41) is 0.675. The Hall–Kier alpha value is -0.720. The van der Waals surface area contributed by atoms with Crippen molar-refractivity contribution in [2.24, 2.45) is 0 Å². The molecule has 112 valence electrons. The van der Waals surface area contributed by atoms with Crippen LogP contribution < -0.4 is 10.5 Å². The van der Waals surface area contributed by atoms with Gasteiger partial charge in [0.1, 0.15) is 0 Å². The zero-order chi connectivity index (χ0) is 14.8. The molecule has 0 unspecified atom stereocenters. The lowest BCUT2D eigenvalue weighted by atomic mass is 9.96. The van der Waals surface area contributed by atoms with E-state index < -0.39 is 10.0 Å². The molecule has 2 rings (SSSR count). The molecule has 1 aromatic carbocycles. The van der Waals surface area contributed by atoms with E-state index in [-0.39, 0.29) is 6.04 Å². The predicted molar refractivity (Wildman–Crippen MR) is 85.5 cm³/mol. The summed E-state index contributed by atoms with van der Waals surface area (Å²) in [7, 11) is -3.44. The van der Waals surface area contributed by atoms with Crippen LogP contribution in [0.3, 0.4) is 0 Å². The van der Waals surface area contributed by atoms with Crippen LogP contribution in [0.4, 0.5) is 5.69 Å². The molecule has 0 aliphatic heterocycles. The van der Waals surface area contributed by atoms with Gasteiger partial charge in [-0.3, -0.25) is 0 Å². The second kappa shape index (κ2) is 6.37. The molecule has 0 spiro atoms. The fourth-order valence-corrected chi connectivity index (χ4v) is 4.95. The van der Waals surface area contributed by atoms with E-state index in [2.05, 4.69) is 11.0 Å². The van der Waals surface area contributed by atoms with Crippen molar-refractivity contribution in [3.05, 3.63) is 23.8 Å². The third-order valence-electron chi connectivity index (χ3n) is 3.82. The molecule has 1 fully saturated rings. The van der Waals surface area contributed by atoms with E-state index in [4.69, 9.17) is 5.73 Å². The second-order valence-electron chi connectivity index (χ2n) is 5.36. The van der Waals surface area contributed by atoms with E-state index in [9.17, 15) is 8.42 Å². The first-order valence-corrected chi connectivity index (χ1v) is 9.60. The fraction of sp³-hybridized carbons (Fsp3) is 0.571. The lowest BCUT2D eigenvalue weighted by Crippen LogP contribution is -2.38. The number of nitrogens with two attached hydrogens (primary N) is 1. The second-order valence-corrected chi connectivity index (χ2v) is 8.18. The Morgan fingerprint density at radius 2 is 1.90 bits per heavy atom. The van der Waals surface area contributed by atoms with Crippen molar-refractivity contribution in [3.63, 3.8) is 0 Å². The summed E-state index contributed by atoms with van der Waals surface area (Å²) in [5.41, 5.74) is 6.94. The normalized spacial score (nSPS) is 23.7. The third kappa shape index (κ3) is 3.68. The van der Waals surface area contributed by atoms with Gasteiger partial charge in [0.15, 0.2) is 0 Å². The Labute approximate surface area is 125 Å². The van der Waals surface area contributed by atoms with Crippen LogP contribution >= 0.6 is 11.8 Å². The highest BCUT2D eigenvalue weighted by molar-refractivity contribution is 7.99. The molecule has 0 saturated heterocycles. The minimum atomic E-state index is -3.44. The zero-order valence-electron chi connectivity index (χ0n) is 11.9. The molecule has 1 aliphatic carbocycles. The van der Waals surface area contributed by atoms with Gasteiger partial charge in [0.25, 0.3) is 0 Å². The summed E-state index contributed by atoms with van der Waals surface area (Å²) in [6.45, 7) is 1.77. The molecule has 3 N–H and O–H groups in total. The average molecular weight is 314 g/mol. The molecule has 0 bridgehead atoms. The van der Waals surface area contributed by atoms with Crippen LogP contribution in [0.1, 0.15) is 31.2 Å². The van der Waals surface area contributed by atoms with Gasteiger partial charge < -0.3 is 5.73 Å². The molecule has 0 heterocycles. The molecule has 0 amide bonds. The number of hydrogen-bond acceptors (Lipinski definition) is 4. The van der Waals surface area contributed by atoms with Crippen molar-refractivity contribution in [2.75, 3.05) is 12.0 Å². The van der Waals surface area contributed by atoms with Gasteiger partial charge in [-0.15, -0.1) is 0 Å². The lowest BCUT2D eigenvalue weighted by molar-refractivity contribution is 0.420. The topological polar surface area (TPSA) is 72.2 Å². The van der Waals surface area contributed by atoms with Crippen LogP contribution in [0, 0.1) is 6.92 Å². The van der Waals surface area contributed by atoms with Crippen molar-refractivity contribution in [3.8, 4) is 0 Å². The summed E-state index contributed by atoms with van der Waals surface area (Å²) in [5.74, 6) is 0. The van der Waals surface area contributed by atoms with Crippen LogP contribution in [0.2, 0.25) is 0 Å². The molecule has 1 aliphatic rings. The quantitative estimate of drug-likeness (QED) is 0.838. The van der Waals surface area contributed by atoms with Crippen LogP contribution in [0.25, 0.3) is 0 Å². The molecule has 0 atom stereocenters. The summed E-state index contributed by atoms with van der Waals surface area (Å²) >= 11 is 1.88. The van der Waals surface area contributed by atoms with Crippen molar-refractivity contribution in [1.29, 1.82) is 0 Å². The smallest absolute Gasteiger partial charge is 0.241 e. The van der Waals surface area contributed by atoms with Crippen LogP contribution in [-0.2, 0) is 10.0 Å². The van der Waals surface area contributed by atoms with E-state index in [1.807, 2.05) is 11.8 Å². The van der Waals surface area contributed by atoms with Crippen LogP contribution in [0.15, 0.2) is 23.1 Å². The SMILES string of the molecule is CSC1CCC(NS(=O)(=O)c2ccc(N)cc2C)CC1. The van der Waals surface area contributed by atoms with Crippen molar-refractivity contribution in [2.45, 2.75) is 48.8 Å². The van der Waals surface area contributed by atoms with Crippen molar-refractivity contribution < 1.29 is 8.42 Å². The van der Waals surface area contributed by atoms with Gasteiger partial charge in [0.2, 0.25) is 10.0 Å². The van der Waals surface area contributed by atoms with Crippen LogP contribution in [0.5, 0.6) is 0 Å². The number of aryl methyl sites for hydroxylation is 1. The first-order valence-electron chi connectivity index (χ1n) is 6.83. The van der Waals surface area contributed by atoms with Gasteiger partial charge in [-0.2, -0.15) is 11.8 Å². The highest BCUT2D eigenvalue weighted by Crippen LogP contribution is 2.28. The maximum absolute atomic E-state index is 12.4. The van der Waals surface area contributed by atoms with Gasteiger partial charge in [-0.05, 0) is 62.6 Å². The number of nitrogen functional groups attached to an aromatic ring is 1. The van der Waals surface area contributed by atoms with E-state index in [0.717, 1.165) is 25.7 Å². The third-order valence-corrected chi connectivity index (χ3v) is 6.64. The van der Waals surface area contributed by atoms with Gasteiger partial charge in [0, 0.05) is 17.0 Å². The standard InChI is InChI=1S/C14H22N2O2S2/c1-10-9-11(15)3-8-14(10)20(17,18)16-12-4-6-13(19-2)7-5-12/h3,8-9,12-13,16H,4-7,15H2,1-2H3. The Balaban J connectivity index is 2.08. The Morgan fingerprint density at radius 3 is 2.45 bits per heavy atom. The molecule has 6 heteroatoms. The average Bonchev–Trinajstić information content (AvgIpc) is 2.38. The summed E-state index contributed by atoms with van der Waals surface area (Å²) < 4.78 is 27.7. The molecule has 4 nitrogen and oxygen atoms in total. The number of rotatable bonds is 4. The number of thioether (sulfide) groups is 1. The lowest BCUT2D eigenvalue weighted by Gasteiger charge is -2.28. The first-order chi connectivity index (χ1) is 9.42. The van der Waals surface area contributed by atoms with Crippen molar-refractivity contribution >= 4 is 27.5 Å². The number of nitrogens with one attached hydrogen (secondary N) is 1. The van der Waals surface area contributed by atoms with E-state index in [0.29, 0.717) is 21.4 Å².